The number of ether oxygens (including phenoxy) is 2. The summed E-state index contributed by atoms with van der Waals surface area (Å²) in [4.78, 5) is 15.2. The molecule has 0 aliphatic heterocycles. The third kappa shape index (κ3) is 3.87. The van der Waals surface area contributed by atoms with E-state index in [0.717, 1.165) is 4.47 Å². The minimum absolute atomic E-state index is 0.348. The van der Waals surface area contributed by atoms with Crippen molar-refractivity contribution in [1.82, 2.24) is 4.98 Å². The first-order valence-corrected chi connectivity index (χ1v) is 5.37. The fourth-order valence-electron chi connectivity index (χ4n) is 0.921. The minimum atomic E-state index is -0.640. The number of aromatic nitrogens is 1. The molecule has 1 rings (SSSR count). The molecule has 0 radical (unpaired) electrons. The van der Waals surface area contributed by atoms with Gasteiger partial charge in [-0.2, -0.15) is 0 Å². The van der Waals surface area contributed by atoms with Crippen LogP contribution in [0.3, 0.4) is 0 Å². The number of nitrogens with zero attached hydrogens (tertiary/aromatic N) is 1. The molecule has 0 spiro atoms. The lowest BCUT2D eigenvalue weighted by molar-refractivity contribution is -0.150. The van der Waals surface area contributed by atoms with Crippen molar-refractivity contribution in [3.63, 3.8) is 0 Å². The number of halogens is 1. The van der Waals surface area contributed by atoms with E-state index in [1.165, 1.54) is 0 Å². The van der Waals surface area contributed by atoms with Crippen LogP contribution < -0.4 is 4.74 Å². The van der Waals surface area contributed by atoms with E-state index in [1.54, 1.807) is 32.2 Å². The molecule has 1 heterocycles. The molecule has 0 fully saturated rings. The van der Waals surface area contributed by atoms with Gasteiger partial charge in [0.25, 0.3) is 0 Å². The Balaban J connectivity index is 2.54. The van der Waals surface area contributed by atoms with Crippen molar-refractivity contribution in [2.24, 2.45) is 0 Å². The molecular formula is C10H12BrNO3. The van der Waals surface area contributed by atoms with Gasteiger partial charge in [-0.05, 0) is 35.8 Å². The molecule has 82 valence electrons. The second-order valence-corrected chi connectivity index (χ2v) is 3.74. The van der Waals surface area contributed by atoms with Gasteiger partial charge in [-0.3, -0.25) is 0 Å². The molecule has 1 aromatic heterocycles. The van der Waals surface area contributed by atoms with E-state index in [-0.39, 0.29) is 5.97 Å². The summed E-state index contributed by atoms with van der Waals surface area (Å²) in [5.74, 6) is 0.0148. The van der Waals surface area contributed by atoms with Crippen LogP contribution in [0.2, 0.25) is 0 Å². The van der Waals surface area contributed by atoms with Crippen LogP contribution in [0.4, 0.5) is 0 Å². The van der Waals surface area contributed by atoms with Crippen LogP contribution in [0.25, 0.3) is 0 Å². The highest BCUT2D eigenvalue weighted by atomic mass is 79.9. The van der Waals surface area contributed by atoms with Crippen molar-refractivity contribution in [3.05, 3.63) is 22.8 Å². The number of pyridine rings is 1. The summed E-state index contributed by atoms with van der Waals surface area (Å²) in [6.45, 7) is 3.73. The number of esters is 1. The Bertz CT molecular complexity index is 326. The maximum Gasteiger partial charge on any atom is 0.347 e. The van der Waals surface area contributed by atoms with Crippen LogP contribution in [0.15, 0.2) is 22.8 Å². The Morgan fingerprint density at radius 2 is 2.33 bits per heavy atom. The van der Waals surface area contributed by atoms with E-state index in [2.05, 4.69) is 20.9 Å². The van der Waals surface area contributed by atoms with Crippen LogP contribution in [0.1, 0.15) is 13.8 Å². The van der Waals surface area contributed by atoms with Gasteiger partial charge in [0.15, 0.2) is 6.10 Å². The summed E-state index contributed by atoms with van der Waals surface area (Å²) in [6.07, 6.45) is 0.964. The third-order valence-electron chi connectivity index (χ3n) is 1.62. The lowest BCUT2D eigenvalue weighted by atomic mass is 10.4. The predicted molar refractivity (Wildman–Crippen MR) is 58.7 cm³/mol. The Morgan fingerprint density at radius 3 is 2.87 bits per heavy atom. The lowest BCUT2D eigenvalue weighted by Crippen LogP contribution is -2.26. The summed E-state index contributed by atoms with van der Waals surface area (Å²) >= 11 is 3.26. The van der Waals surface area contributed by atoms with Crippen LogP contribution in [-0.4, -0.2) is 23.7 Å². The molecule has 1 aromatic rings. The molecule has 0 bridgehead atoms. The second-order valence-electron chi connectivity index (χ2n) is 2.83. The van der Waals surface area contributed by atoms with E-state index in [9.17, 15) is 4.79 Å². The predicted octanol–water partition coefficient (Wildman–Crippen LogP) is 2.17. The van der Waals surface area contributed by atoms with E-state index >= 15 is 0 Å². The molecule has 0 N–H and O–H groups in total. The fraction of sp³-hybridized carbons (Fsp3) is 0.400. The van der Waals surface area contributed by atoms with Crippen LogP contribution in [0, 0.1) is 0 Å². The average Bonchev–Trinajstić information content (AvgIpc) is 2.22. The van der Waals surface area contributed by atoms with Gasteiger partial charge < -0.3 is 9.47 Å². The molecule has 1 atom stereocenters. The Morgan fingerprint density at radius 1 is 1.60 bits per heavy atom. The Kier molecular flexibility index (Phi) is 4.55. The first kappa shape index (κ1) is 12.0. The van der Waals surface area contributed by atoms with E-state index in [0.29, 0.717) is 12.5 Å². The molecule has 0 aliphatic carbocycles. The summed E-state index contributed by atoms with van der Waals surface area (Å²) < 4.78 is 10.9. The van der Waals surface area contributed by atoms with Crippen molar-refractivity contribution in [3.8, 4) is 5.88 Å². The molecule has 5 heteroatoms. The molecule has 0 saturated heterocycles. The number of hydrogen-bond acceptors (Lipinski definition) is 4. The molecule has 0 amide bonds. The highest BCUT2D eigenvalue weighted by Crippen LogP contribution is 2.13. The Hall–Kier alpha value is -1.10. The number of carbonyl (C=O) groups is 1. The smallest absolute Gasteiger partial charge is 0.347 e. The normalized spacial score (nSPS) is 11.9. The van der Waals surface area contributed by atoms with Crippen molar-refractivity contribution >= 4 is 21.9 Å². The average molecular weight is 274 g/mol. The standard InChI is InChI=1S/C10H12BrNO3/c1-3-14-10(13)7(2)15-9-5-4-8(11)6-12-9/h4-7H,3H2,1-2H3/t7-/m0/s1. The van der Waals surface area contributed by atoms with Gasteiger partial charge in [0.05, 0.1) is 6.61 Å². The summed E-state index contributed by atoms with van der Waals surface area (Å²) in [5, 5.41) is 0. The number of carbonyl (C=O) groups excluding carboxylic acids is 1. The lowest BCUT2D eigenvalue weighted by Gasteiger charge is -2.12. The third-order valence-corrected chi connectivity index (χ3v) is 2.09. The second kappa shape index (κ2) is 5.70. The molecular weight excluding hydrogens is 262 g/mol. The van der Waals surface area contributed by atoms with Gasteiger partial charge in [-0.15, -0.1) is 0 Å². The van der Waals surface area contributed by atoms with Crippen molar-refractivity contribution < 1.29 is 14.3 Å². The molecule has 4 nitrogen and oxygen atoms in total. The molecule has 0 aliphatic rings. The van der Waals surface area contributed by atoms with Gasteiger partial charge in [0.2, 0.25) is 5.88 Å². The van der Waals surface area contributed by atoms with Gasteiger partial charge in [-0.1, -0.05) is 0 Å². The number of hydrogen-bond donors (Lipinski definition) is 0. The van der Waals surface area contributed by atoms with E-state index in [4.69, 9.17) is 9.47 Å². The first-order valence-electron chi connectivity index (χ1n) is 4.58. The monoisotopic (exact) mass is 273 g/mol. The topological polar surface area (TPSA) is 48.4 Å². The number of rotatable bonds is 4. The summed E-state index contributed by atoms with van der Waals surface area (Å²) in [6, 6.07) is 3.47. The SMILES string of the molecule is CCOC(=O)[C@H](C)Oc1ccc(Br)cn1. The van der Waals surface area contributed by atoms with Crippen LogP contribution >= 0.6 is 15.9 Å². The van der Waals surface area contributed by atoms with Gasteiger partial charge >= 0.3 is 5.97 Å². The van der Waals surface area contributed by atoms with Crippen molar-refractivity contribution in [2.45, 2.75) is 20.0 Å². The summed E-state index contributed by atoms with van der Waals surface area (Å²) in [7, 11) is 0. The molecule has 0 aromatic carbocycles. The molecule has 0 unspecified atom stereocenters. The highest BCUT2D eigenvalue weighted by Gasteiger charge is 2.15. The Labute approximate surface area is 96.7 Å². The van der Waals surface area contributed by atoms with Gasteiger partial charge in [0.1, 0.15) is 0 Å². The van der Waals surface area contributed by atoms with E-state index in [1.807, 2.05) is 0 Å². The van der Waals surface area contributed by atoms with Crippen molar-refractivity contribution in [2.75, 3.05) is 6.61 Å². The van der Waals surface area contributed by atoms with Crippen molar-refractivity contribution in [1.29, 1.82) is 0 Å². The fourth-order valence-corrected chi connectivity index (χ4v) is 1.16. The summed E-state index contributed by atoms with van der Waals surface area (Å²) in [5.41, 5.74) is 0. The zero-order valence-corrected chi connectivity index (χ0v) is 10.2. The molecule has 0 saturated carbocycles. The minimum Gasteiger partial charge on any atom is -0.463 e. The zero-order valence-electron chi connectivity index (χ0n) is 8.57. The molecule has 15 heavy (non-hydrogen) atoms. The van der Waals surface area contributed by atoms with Gasteiger partial charge in [0, 0.05) is 16.7 Å². The first-order chi connectivity index (χ1) is 7.13. The highest BCUT2D eigenvalue weighted by molar-refractivity contribution is 9.10. The van der Waals surface area contributed by atoms with Crippen LogP contribution in [-0.2, 0) is 9.53 Å². The largest absolute Gasteiger partial charge is 0.463 e. The van der Waals surface area contributed by atoms with E-state index < -0.39 is 6.10 Å². The maximum atomic E-state index is 11.2. The maximum absolute atomic E-state index is 11.2. The van der Waals surface area contributed by atoms with Crippen LogP contribution in [0.5, 0.6) is 5.88 Å². The van der Waals surface area contributed by atoms with Gasteiger partial charge in [-0.25, -0.2) is 9.78 Å². The quantitative estimate of drug-likeness (QED) is 0.789. The zero-order chi connectivity index (χ0) is 11.3.